The zero-order chi connectivity index (χ0) is 21.5. The number of piperazine rings is 1. The van der Waals surface area contributed by atoms with Gasteiger partial charge in [-0.25, -0.2) is 0 Å². The minimum Gasteiger partial charge on any atom is -0.497 e. The number of anilines is 2. The molecule has 7 nitrogen and oxygen atoms in total. The van der Waals surface area contributed by atoms with Crippen molar-refractivity contribution in [2.45, 2.75) is 6.92 Å². The van der Waals surface area contributed by atoms with E-state index in [2.05, 4.69) is 27.2 Å². The second-order valence-electron chi connectivity index (χ2n) is 7.63. The summed E-state index contributed by atoms with van der Waals surface area (Å²) in [6.07, 6.45) is 0. The van der Waals surface area contributed by atoms with Gasteiger partial charge in [0.1, 0.15) is 5.75 Å². The van der Waals surface area contributed by atoms with Crippen LogP contribution in [0.2, 0.25) is 0 Å². The van der Waals surface area contributed by atoms with E-state index < -0.39 is 0 Å². The molecule has 1 aliphatic rings. The topological polar surface area (TPSA) is 65.1 Å². The van der Waals surface area contributed by atoms with E-state index in [1.54, 1.807) is 14.2 Å². The summed E-state index contributed by atoms with van der Waals surface area (Å²) in [7, 11) is 3.33. The number of carbonyl (C=O) groups excluding carboxylic acids is 2. The lowest BCUT2D eigenvalue weighted by Gasteiger charge is -2.36. The van der Waals surface area contributed by atoms with Crippen LogP contribution in [0.5, 0.6) is 5.75 Å². The van der Waals surface area contributed by atoms with Crippen LogP contribution in [0.25, 0.3) is 0 Å². The molecule has 1 aliphatic heterocycles. The molecule has 30 heavy (non-hydrogen) atoms. The van der Waals surface area contributed by atoms with Crippen molar-refractivity contribution in [2.24, 2.45) is 0 Å². The first kappa shape index (κ1) is 21.6. The Morgan fingerprint density at radius 2 is 1.63 bits per heavy atom. The van der Waals surface area contributed by atoms with Crippen molar-refractivity contribution >= 4 is 23.2 Å². The lowest BCUT2D eigenvalue weighted by Crippen LogP contribution is -2.50. The molecule has 3 rings (SSSR count). The van der Waals surface area contributed by atoms with Gasteiger partial charge in [0.25, 0.3) is 0 Å². The maximum atomic E-state index is 12.5. The van der Waals surface area contributed by atoms with Crippen LogP contribution in [0, 0.1) is 6.92 Å². The number of aryl methyl sites for hydroxylation is 1. The van der Waals surface area contributed by atoms with E-state index >= 15 is 0 Å². The number of hydrogen-bond donors (Lipinski definition) is 1. The Bertz CT molecular complexity index is 844. The molecule has 0 unspecified atom stereocenters. The van der Waals surface area contributed by atoms with E-state index in [0.29, 0.717) is 6.54 Å². The van der Waals surface area contributed by atoms with Gasteiger partial charge < -0.3 is 19.9 Å². The highest BCUT2D eigenvalue weighted by Gasteiger charge is 2.21. The predicted octanol–water partition coefficient (Wildman–Crippen LogP) is 2.22. The van der Waals surface area contributed by atoms with Crippen molar-refractivity contribution in [1.29, 1.82) is 0 Å². The number of likely N-dealkylation sites (N-methyl/N-ethyl adjacent to an activating group) is 1. The first-order valence-corrected chi connectivity index (χ1v) is 10.2. The van der Waals surface area contributed by atoms with E-state index in [4.69, 9.17) is 4.74 Å². The average molecular weight is 411 g/mol. The van der Waals surface area contributed by atoms with Gasteiger partial charge in [0, 0.05) is 44.6 Å². The molecule has 0 aliphatic carbocycles. The van der Waals surface area contributed by atoms with Gasteiger partial charge in [-0.15, -0.1) is 0 Å². The van der Waals surface area contributed by atoms with Crippen molar-refractivity contribution in [1.82, 2.24) is 9.80 Å². The van der Waals surface area contributed by atoms with Crippen LogP contribution < -0.4 is 15.0 Å². The highest BCUT2D eigenvalue weighted by molar-refractivity contribution is 5.94. The van der Waals surface area contributed by atoms with Gasteiger partial charge in [-0.2, -0.15) is 0 Å². The minimum absolute atomic E-state index is 0.0402. The summed E-state index contributed by atoms with van der Waals surface area (Å²) in [5.41, 5.74) is 3.03. The molecule has 1 N–H and O–H groups in total. The molecule has 1 saturated heterocycles. The highest BCUT2D eigenvalue weighted by Crippen LogP contribution is 2.20. The second-order valence-corrected chi connectivity index (χ2v) is 7.63. The quantitative estimate of drug-likeness (QED) is 0.758. The molecule has 160 valence electrons. The van der Waals surface area contributed by atoms with E-state index in [0.717, 1.165) is 48.9 Å². The monoisotopic (exact) mass is 410 g/mol. The molecule has 2 amide bonds. The zero-order valence-electron chi connectivity index (χ0n) is 17.9. The fourth-order valence-electron chi connectivity index (χ4n) is 3.41. The average Bonchev–Trinajstić information content (AvgIpc) is 2.76. The summed E-state index contributed by atoms with van der Waals surface area (Å²) in [6, 6.07) is 15.6. The number of hydrogen-bond acceptors (Lipinski definition) is 5. The standard InChI is InChI=1S/C23H30N4O3/c1-18-4-6-19(7-5-18)24-22(28)16-25(2)23(29)17-26-12-14-27(15-13-26)20-8-10-21(30-3)11-9-20/h4-11H,12-17H2,1-3H3,(H,24,28). The lowest BCUT2D eigenvalue weighted by molar-refractivity contribution is -0.134. The van der Waals surface area contributed by atoms with Crippen LogP contribution in [0.1, 0.15) is 5.56 Å². The fraction of sp³-hybridized carbons (Fsp3) is 0.391. The van der Waals surface area contributed by atoms with Gasteiger partial charge in [0.05, 0.1) is 20.2 Å². The van der Waals surface area contributed by atoms with Crippen molar-refractivity contribution in [2.75, 3.05) is 63.6 Å². The molecule has 0 spiro atoms. The fourth-order valence-corrected chi connectivity index (χ4v) is 3.41. The van der Waals surface area contributed by atoms with E-state index in [1.807, 2.05) is 43.3 Å². The van der Waals surface area contributed by atoms with Crippen molar-refractivity contribution in [3.05, 3.63) is 54.1 Å². The second kappa shape index (κ2) is 10.1. The number of methoxy groups -OCH3 is 1. The molecule has 2 aromatic carbocycles. The zero-order valence-corrected chi connectivity index (χ0v) is 17.9. The number of nitrogens with zero attached hydrogens (tertiary/aromatic N) is 3. The number of benzene rings is 2. The largest absolute Gasteiger partial charge is 0.497 e. The van der Waals surface area contributed by atoms with Gasteiger partial charge >= 0.3 is 0 Å². The van der Waals surface area contributed by atoms with E-state index in [1.165, 1.54) is 4.90 Å². The van der Waals surface area contributed by atoms with Gasteiger partial charge in [-0.05, 0) is 43.3 Å². The molecule has 2 aromatic rings. The van der Waals surface area contributed by atoms with Crippen LogP contribution in [0.15, 0.2) is 48.5 Å². The molecule has 7 heteroatoms. The van der Waals surface area contributed by atoms with Gasteiger partial charge in [0.2, 0.25) is 11.8 Å². The Hall–Kier alpha value is -3.06. The summed E-state index contributed by atoms with van der Waals surface area (Å²) in [5.74, 6) is 0.600. The van der Waals surface area contributed by atoms with E-state index in [-0.39, 0.29) is 18.4 Å². The van der Waals surface area contributed by atoms with Crippen molar-refractivity contribution in [3.63, 3.8) is 0 Å². The molecule has 0 atom stereocenters. The third-order valence-electron chi connectivity index (χ3n) is 5.31. The molecule has 1 fully saturated rings. The number of carbonyl (C=O) groups is 2. The maximum Gasteiger partial charge on any atom is 0.243 e. The normalized spacial score (nSPS) is 14.3. The number of ether oxygens (including phenoxy) is 1. The Kier molecular flexibility index (Phi) is 7.30. The number of nitrogens with one attached hydrogen (secondary N) is 1. The molecule has 0 aromatic heterocycles. The number of rotatable bonds is 7. The summed E-state index contributed by atoms with van der Waals surface area (Å²) in [4.78, 5) is 30.7. The summed E-state index contributed by atoms with van der Waals surface area (Å²) >= 11 is 0. The third-order valence-corrected chi connectivity index (χ3v) is 5.31. The highest BCUT2D eigenvalue weighted by atomic mass is 16.5. The van der Waals surface area contributed by atoms with Gasteiger partial charge in [0.15, 0.2) is 0 Å². The van der Waals surface area contributed by atoms with Crippen LogP contribution in [-0.4, -0.2) is 75.0 Å². The first-order chi connectivity index (χ1) is 14.4. The van der Waals surface area contributed by atoms with Crippen LogP contribution >= 0.6 is 0 Å². The van der Waals surface area contributed by atoms with Crippen LogP contribution in [0.4, 0.5) is 11.4 Å². The molecular weight excluding hydrogens is 380 g/mol. The number of amides is 2. The third kappa shape index (κ3) is 5.97. The Balaban J connectivity index is 1.42. The molecule has 0 radical (unpaired) electrons. The van der Waals surface area contributed by atoms with Gasteiger partial charge in [-0.1, -0.05) is 17.7 Å². The molecule has 0 bridgehead atoms. The summed E-state index contributed by atoms with van der Waals surface area (Å²) in [6.45, 7) is 5.69. The molecule has 0 saturated carbocycles. The maximum absolute atomic E-state index is 12.5. The lowest BCUT2D eigenvalue weighted by atomic mass is 10.2. The SMILES string of the molecule is COc1ccc(N2CCN(CC(=O)N(C)CC(=O)Nc3ccc(C)cc3)CC2)cc1. The van der Waals surface area contributed by atoms with Crippen LogP contribution in [0.3, 0.4) is 0 Å². The minimum atomic E-state index is -0.195. The van der Waals surface area contributed by atoms with Crippen LogP contribution in [-0.2, 0) is 9.59 Å². The molecular formula is C23H30N4O3. The Morgan fingerprint density at radius 1 is 1.00 bits per heavy atom. The Labute approximate surface area is 178 Å². The molecule has 1 heterocycles. The van der Waals surface area contributed by atoms with Gasteiger partial charge in [-0.3, -0.25) is 14.5 Å². The summed E-state index contributed by atoms with van der Waals surface area (Å²) < 4.78 is 5.21. The predicted molar refractivity (Wildman–Crippen MR) is 119 cm³/mol. The summed E-state index contributed by atoms with van der Waals surface area (Å²) in [5, 5.41) is 2.83. The smallest absolute Gasteiger partial charge is 0.243 e. The van der Waals surface area contributed by atoms with E-state index in [9.17, 15) is 9.59 Å². The van der Waals surface area contributed by atoms with Crippen molar-refractivity contribution < 1.29 is 14.3 Å². The van der Waals surface area contributed by atoms with Crippen molar-refractivity contribution in [3.8, 4) is 5.75 Å². The first-order valence-electron chi connectivity index (χ1n) is 10.2. The Morgan fingerprint density at radius 3 is 2.23 bits per heavy atom.